The van der Waals surface area contributed by atoms with Crippen molar-refractivity contribution in [3.8, 4) is 5.75 Å². The molecular weight excluding hydrogens is 412 g/mol. The molecule has 3 aromatic heterocycles. The molecule has 33 heavy (non-hydrogen) atoms. The van der Waals surface area contributed by atoms with Crippen molar-refractivity contribution in [2.75, 3.05) is 25.1 Å². The third-order valence-electron chi connectivity index (χ3n) is 6.72. The van der Waals surface area contributed by atoms with E-state index in [0.29, 0.717) is 12.3 Å². The summed E-state index contributed by atoms with van der Waals surface area (Å²) in [7, 11) is 3.71. The van der Waals surface area contributed by atoms with Gasteiger partial charge in [-0.15, -0.1) is 0 Å². The molecule has 1 fully saturated rings. The van der Waals surface area contributed by atoms with Crippen LogP contribution in [0.2, 0.25) is 0 Å². The van der Waals surface area contributed by atoms with Gasteiger partial charge in [-0.2, -0.15) is 4.98 Å². The van der Waals surface area contributed by atoms with E-state index < -0.39 is 0 Å². The lowest BCUT2D eigenvalue weighted by Gasteiger charge is -2.32. The minimum absolute atomic E-state index is 0.682. The highest BCUT2D eigenvalue weighted by Crippen LogP contribution is 2.28. The average Bonchev–Trinajstić information content (AvgIpc) is 3.22. The molecule has 0 amide bonds. The van der Waals surface area contributed by atoms with Gasteiger partial charge in [0.1, 0.15) is 11.3 Å². The van der Waals surface area contributed by atoms with Gasteiger partial charge in [-0.1, -0.05) is 6.07 Å². The Morgan fingerprint density at radius 1 is 1.06 bits per heavy atom. The number of rotatable bonds is 6. The molecule has 0 atom stereocenters. The fourth-order valence-corrected chi connectivity index (χ4v) is 4.73. The van der Waals surface area contributed by atoms with E-state index in [4.69, 9.17) is 14.7 Å². The number of imidazole rings is 1. The number of ether oxygens (including phenoxy) is 1. The number of aryl methyl sites for hydroxylation is 2. The summed E-state index contributed by atoms with van der Waals surface area (Å²) in [6.07, 6.45) is 9.68. The van der Waals surface area contributed by atoms with Gasteiger partial charge in [0.25, 0.3) is 0 Å². The van der Waals surface area contributed by atoms with Crippen LogP contribution in [0.1, 0.15) is 35.2 Å². The molecule has 1 aliphatic heterocycles. The number of aromatic nitrogens is 5. The molecule has 0 spiro atoms. The molecule has 170 valence electrons. The maximum Gasteiger partial charge on any atom is 0.227 e. The molecule has 0 aliphatic carbocycles. The second-order valence-corrected chi connectivity index (χ2v) is 8.96. The topological polar surface area (TPSA) is 69.0 Å². The fraction of sp³-hybridized carbons (Fsp3) is 0.385. The third-order valence-corrected chi connectivity index (χ3v) is 6.72. The second-order valence-electron chi connectivity index (χ2n) is 8.96. The molecule has 1 aromatic carbocycles. The van der Waals surface area contributed by atoms with Crippen LogP contribution in [-0.4, -0.2) is 44.7 Å². The zero-order valence-corrected chi connectivity index (χ0v) is 19.5. The van der Waals surface area contributed by atoms with Crippen LogP contribution in [0, 0.1) is 12.8 Å². The van der Waals surface area contributed by atoms with E-state index in [-0.39, 0.29) is 0 Å². The zero-order chi connectivity index (χ0) is 22.8. The molecule has 1 aliphatic rings. The van der Waals surface area contributed by atoms with E-state index in [2.05, 4.69) is 46.1 Å². The van der Waals surface area contributed by atoms with Crippen LogP contribution in [-0.2, 0) is 19.9 Å². The van der Waals surface area contributed by atoms with Crippen LogP contribution in [0.4, 0.5) is 5.95 Å². The number of hydrogen-bond donors (Lipinski definition) is 0. The Balaban J connectivity index is 1.39. The van der Waals surface area contributed by atoms with Crippen LogP contribution in [0.15, 0.2) is 49.1 Å². The van der Waals surface area contributed by atoms with E-state index in [1.165, 1.54) is 16.7 Å². The van der Waals surface area contributed by atoms with Crippen molar-refractivity contribution in [1.29, 1.82) is 0 Å². The summed E-state index contributed by atoms with van der Waals surface area (Å²) in [5.41, 5.74) is 6.56. The summed E-state index contributed by atoms with van der Waals surface area (Å²) in [4.78, 5) is 20.9. The molecule has 7 nitrogen and oxygen atoms in total. The number of fused-ring (bicyclic) bond motifs is 1. The van der Waals surface area contributed by atoms with Gasteiger partial charge in [0.2, 0.25) is 5.95 Å². The maximum absolute atomic E-state index is 5.45. The van der Waals surface area contributed by atoms with Crippen LogP contribution >= 0.6 is 0 Å². The first-order valence-corrected chi connectivity index (χ1v) is 11.6. The summed E-state index contributed by atoms with van der Waals surface area (Å²) in [6, 6.07) is 10.4. The van der Waals surface area contributed by atoms with E-state index in [1.54, 1.807) is 7.11 Å². The molecule has 0 bridgehead atoms. The Bertz CT molecular complexity index is 1240. The number of pyridine rings is 1. The molecule has 5 rings (SSSR count). The zero-order valence-electron chi connectivity index (χ0n) is 19.5. The maximum atomic E-state index is 5.45. The largest absolute Gasteiger partial charge is 0.497 e. The molecule has 0 radical (unpaired) electrons. The monoisotopic (exact) mass is 442 g/mol. The van der Waals surface area contributed by atoms with Crippen molar-refractivity contribution in [3.05, 3.63) is 71.4 Å². The minimum atomic E-state index is 0.682. The van der Waals surface area contributed by atoms with Crippen LogP contribution in [0.3, 0.4) is 0 Å². The Morgan fingerprint density at radius 2 is 1.85 bits per heavy atom. The summed E-state index contributed by atoms with van der Waals surface area (Å²) in [5.74, 6) is 2.34. The summed E-state index contributed by atoms with van der Waals surface area (Å²) >= 11 is 0. The number of benzene rings is 1. The highest BCUT2D eigenvalue weighted by Gasteiger charge is 2.23. The number of piperidine rings is 1. The van der Waals surface area contributed by atoms with Crippen LogP contribution < -0.4 is 9.64 Å². The first-order valence-electron chi connectivity index (χ1n) is 11.6. The lowest BCUT2D eigenvalue weighted by Crippen LogP contribution is -2.35. The van der Waals surface area contributed by atoms with Crippen LogP contribution in [0.5, 0.6) is 5.75 Å². The fourth-order valence-electron chi connectivity index (χ4n) is 4.73. The number of nitrogens with zero attached hydrogens (tertiary/aromatic N) is 6. The van der Waals surface area contributed by atoms with Crippen molar-refractivity contribution >= 4 is 17.1 Å². The second kappa shape index (κ2) is 9.17. The van der Waals surface area contributed by atoms with E-state index in [1.807, 2.05) is 36.4 Å². The molecule has 1 saturated heterocycles. The van der Waals surface area contributed by atoms with Gasteiger partial charge >= 0.3 is 0 Å². The smallest absolute Gasteiger partial charge is 0.227 e. The van der Waals surface area contributed by atoms with Gasteiger partial charge in [0.05, 0.1) is 19.1 Å². The van der Waals surface area contributed by atoms with Gasteiger partial charge < -0.3 is 14.2 Å². The van der Waals surface area contributed by atoms with Gasteiger partial charge in [-0.05, 0) is 73.1 Å². The number of anilines is 1. The van der Waals surface area contributed by atoms with Gasteiger partial charge in [0, 0.05) is 39.0 Å². The Labute approximate surface area is 194 Å². The summed E-state index contributed by atoms with van der Waals surface area (Å²) in [6.45, 7) is 4.06. The average molecular weight is 443 g/mol. The van der Waals surface area contributed by atoms with Gasteiger partial charge in [-0.25, -0.2) is 9.97 Å². The molecular formula is C26H30N6O. The molecule has 0 N–H and O–H groups in total. The lowest BCUT2D eigenvalue weighted by atomic mass is 9.90. The molecule has 0 saturated carbocycles. The van der Waals surface area contributed by atoms with E-state index in [0.717, 1.165) is 60.9 Å². The number of methoxy groups -OCH3 is 1. The van der Waals surface area contributed by atoms with Crippen molar-refractivity contribution in [2.45, 2.75) is 32.6 Å². The SMILES string of the molecule is COc1ccc(C)c(Cc2nc(N3CCC(Cc4ccncc4)CC3)nc3ncn(C)c23)c1. The first-order chi connectivity index (χ1) is 16.1. The third kappa shape index (κ3) is 4.53. The predicted molar refractivity (Wildman–Crippen MR) is 130 cm³/mol. The highest BCUT2D eigenvalue weighted by molar-refractivity contribution is 5.75. The normalized spacial score (nSPS) is 14.7. The lowest BCUT2D eigenvalue weighted by molar-refractivity contribution is 0.400. The standard InChI is InChI=1S/C26H30N6O/c1-18-4-5-22(33-3)15-21(18)16-23-24-25(28-17-31(24)2)30-26(29-23)32-12-8-20(9-13-32)14-19-6-10-27-11-7-19/h4-7,10-11,15,17,20H,8-9,12-14,16H2,1-3H3. The Morgan fingerprint density at radius 3 is 2.61 bits per heavy atom. The molecule has 4 heterocycles. The van der Waals surface area contributed by atoms with E-state index in [9.17, 15) is 0 Å². The van der Waals surface area contributed by atoms with E-state index >= 15 is 0 Å². The molecule has 0 unspecified atom stereocenters. The summed E-state index contributed by atoms with van der Waals surface area (Å²) < 4.78 is 7.47. The quantitative estimate of drug-likeness (QED) is 0.447. The Hall–Kier alpha value is -3.48. The predicted octanol–water partition coefficient (Wildman–Crippen LogP) is 4.13. The number of hydrogen-bond acceptors (Lipinski definition) is 6. The minimum Gasteiger partial charge on any atom is -0.497 e. The van der Waals surface area contributed by atoms with Gasteiger partial charge in [0.15, 0.2) is 5.65 Å². The highest BCUT2D eigenvalue weighted by atomic mass is 16.5. The van der Waals surface area contributed by atoms with Gasteiger partial charge in [-0.3, -0.25) is 4.98 Å². The summed E-state index contributed by atoms with van der Waals surface area (Å²) in [5, 5.41) is 0. The first kappa shape index (κ1) is 21.4. The van der Waals surface area contributed by atoms with Crippen molar-refractivity contribution in [3.63, 3.8) is 0 Å². The Kier molecular flexibility index (Phi) is 5.94. The van der Waals surface area contributed by atoms with Crippen LogP contribution in [0.25, 0.3) is 11.2 Å². The van der Waals surface area contributed by atoms with Crippen molar-refractivity contribution in [1.82, 2.24) is 24.5 Å². The molecule has 4 aromatic rings. The van der Waals surface area contributed by atoms with Crippen molar-refractivity contribution in [2.24, 2.45) is 13.0 Å². The van der Waals surface area contributed by atoms with Crippen molar-refractivity contribution < 1.29 is 4.74 Å². The molecule has 7 heteroatoms.